The van der Waals surface area contributed by atoms with Gasteiger partial charge in [-0.15, -0.1) is 0 Å². The van der Waals surface area contributed by atoms with Crippen LogP contribution in [-0.2, 0) is 14.3 Å². The number of ether oxygens (including phenoxy) is 1. The Kier molecular flexibility index (Phi) is 6.64. The molecule has 0 aliphatic heterocycles. The summed E-state index contributed by atoms with van der Waals surface area (Å²) in [7, 11) is 1.40. The van der Waals surface area contributed by atoms with Gasteiger partial charge in [-0.05, 0) is 13.3 Å². The maximum atomic E-state index is 11.4. The van der Waals surface area contributed by atoms with Gasteiger partial charge in [-0.25, -0.2) is 0 Å². The third-order valence-electron chi connectivity index (χ3n) is 1.97. The number of amides is 1. The molecule has 4 N–H and O–H groups in total. The van der Waals surface area contributed by atoms with E-state index >= 15 is 0 Å². The molecule has 6 nitrogen and oxygen atoms in total. The van der Waals surface area contributed by atoms with Crippen molar-refractivity contribution in [1.82, 2.24) is 5.32 Å². The lowest BCUT2D eigenvalue weighted by molar-refractivity contribution is -0.138. The van der Waals surface area contributed by atoms with Gasteiger partial charge in [0.25, 0.3) is 5.91 Å². The molecule has 2 atom stereocenters. The van der Waals surface area contributed by atoms with Crippen molar-refractivity contribution in [3.63, 3.8) is 0 Å². The Balaban J connectivity index is 3.89. The first-order chi connectivity index (χ1) is 7.01. The van der Waals surface area contributed by atoms with Crippen LogP contribution >= 0.6 is 0 Å². The average Bonchev–Trinajstić information content (AvgIpc) is 2.16. The van der Waals surface area contributed by atoms with Crippen molar-refractivity contribution < 1.29 is 19.4 Å². The zero-order valence-corrected chi connectivity index (χ0v) is 9.03. The molecule has 2 unspecified atom stereocenters. The Morgan fingerprint density at radius 2 is 2.13 bits per heavy atom. The van der Waals surface area contributed by atoms with Gasteiger partial charge in [0, 0.05) is 26.1 Å². The van der Waals surface area contributed by atoms with Crippen LogP contribution in [0.25, 0.3) is 0 Å². The van der Waals surface area contributed by atoms with E-state index in [1.807, 2.05) is 0 Å². The van der Waals surface area contributed by atoms with Gasteiger partial charge in [0.2, 0.25) is 0 Å². The highest BCUT2D eigenvalue weighted by Crippen LogP contribution is 1.97. The number of nitrogens with two attached hydrogens (primary N) is 1. The van der Waals surface area contributed by atoms with Crippen LogP contribution in [0.5, 0.6) is 0 Å². The minimum Gasteiger partial charge on any atom is -0.481 e. The lowest BCUT2D eigenvalue weighted by atomic mass is 10.1. The normalized spacial score (nSPS) is 14.3. The standard InChI is InChI=1S/C9H18N2O4/c1-6(3-4-8(12)13)11-9(14)7(5-10)15-2/h6-7H,3-5,10H2,1-2H3,(H,11,14)(H,12,13). The van der Waals surface area contributed by atoms with Crippen LogP contribution in [0.15, 0.2) is 0 Å². The fourth-order valence-corrected chi connectivity index (χ4v) is 1.06. The van der Waals surface area contributed by atoms with Gasteiger partial charge in [-0.1, -0.05) is 0 Å². The Labute approximate surface area is 88.8 Å². The first-order valence-corrected chi connectivity index (χ1v) is 4.76. The van der Waals surface area contributed by atoms with Crippen molar-refractivity contribution in [2.45, 2.75) is 31.9 Å². The molecule has 0 aliphatic carbocycles. The van der Waals surface area contributed by atoms with Crippen LogP contribution in [0.1, 0.15) is 19.8 Å². The van der Waals surface area contributed by atoms with Crippen molar-refractivity contribution >= 4 is 11.9 Å². The van der Waals surface area contributed by atoms with E-state index < -0.39 is 12.1 Å². The lowest BCUT2D eigenvalue weighted by Gasteiger charge is -2.17. The summed E-state index contributed by atoms with van der Waals surface area (Å²) in [6.07, 6.45) is -0.249. The molecule has 0 aliphatic rings. The van der Waals surface area contributed by atoms with E-state index in [2.05, 4.69) is 5.32 Å². The Hall–Kier alpha value is -1.14. The second-order valence-electron chi connectivity index (χ2n) is 3.30. The molecule has 0 spiro atoms. The number of carboxylic acids is 1. The summed E-state index contributed by atoms with van der Waals surface area (Å²) in [6.45, 7) is 1.85. The topological polar surface area (TPSA) is 102 Å². The highest BCUT2D eigenvalue weighted by Gasteiger charge is 2.17. The molecule has 0 saturated heterocycles. The summed E-state index contributed by atoms with van der Waals surface area (Å²) < 4.78 is 4.83. The van der Waals surface area contributed by atoms with Crippen LogP contribution < -0.4 is 11.1 Å². The third-order valence-corrected chi connectivity index (χ3v) is 1.97. The number of carbonyl (C=O) groups excluding carboxylic acids is 1. The predicted octanol–water partition coefficient (Wildman–Crippen LogP) is -0.670. The first kappa shape index (κ1) is 13.9. The minimum atomic E-state index is -0.877. The van der Waals surface area contributed by atoms with Crippen molar-refractivity contribution in [3.8, 4) is 0 Å². The fraction of sp³-hybridized carbons (Fsp3) is 0.778. The molecule has 0 saturated carbocycles. The van der Waals surface area contributed by atoms with Gasteiger partial charge in [-0.3, -0.25) is 9.59 Å². The zero-order chi connectivity index (χ0) is 11.8. The molecule has 0 heterocycles. The quantitative estimate of drug-likeness (QED) is 0.526. The third kappa shape index (κ3) is 6.03. The lowest BCUT2D eigenvalue weighted by Crippen LogP contribution is -2.44. The van der Waals surface area contributed by atoms with E-state index in [0.29, 0.717) is 6.42 Å². The van der Waals surface area contributed by atoms with E-state index in [0.717, 1.165) is 0 Å². The Morgan fingerprint density at radius 1 is 1.53 bits per heavy atom. The molecule has 88 valence electrons. The van der Waals surface area contributed by atoms with Gasteiger partial charge < -0.3 is 20.9 Å². The number of carboxylic acid groups (broad SMARTS) is 1. The van der Waals surface area contributed by atoms with Crippen molar-refractivity contribution in [3.05, 3.63) is 0 Å². The average molecular weight is 218 g/mol. The summed E-state index contributed by atoms with van der Waals surface area (Å²) >= 11 is 0. The molecule has 0 aromatic rings. The molecule has 0 aromatic heterocycles. The maximum absolute atomic E-state index is 11.4. The van der Waals surface area contributed by atoms with Gasteiger partial charge in [0.05, 0.1) is 0 Å². The highest BCUT2D eigenvalue weighted by atomic mass is 16.5. The molecule has 0 fully saturated rings. The van der Waals surface area contributed by atoms with Crippen molar-refractivity contribution in [2.75, 3.05) is 13.7 Å². The number of aliphatic carboxylic acids is 1. The van der Waals surface area contributed by atoms with Gasteiger partial charge in [0.15, 0.2) is 0 Å². The van der Waals surface area contributed by atoms with E-state index in [1.165, 1.54) is 7.11 Å². The van der Waals surface area contributed by atoms with E-state index in [4.69, 9.17) is 15.6 Å². The minimum absolute atomic E-state index is 0.0295. The molecular weight excluding hydrogens is 200 g/mol. The number of hydrogen-bond donors (Lipinski definition) is 3. The SMILES string of the molecule is COC(CN)C(=O)NC(C)CCC(=O)O. The molecule has 1 amide bonds. The Morgan fingerprint density at radius 3 is 2.53 bits per heavy atom. The predicted molar refractivity (Wildman–Crippen MR) is 54.3 cm³/mol. The molecule has 6 heteroatoms. The van der Waals surface area contributed by atoms with E-state index in [1.54, 1.807) is 6.92 Å². The molecule has 15 heavy (non-hydrogen) atoms. The first-order valence-electron chi connectivity index (χ1n) is 4.76. The van der Waals surface area contributed by atoms with Gasteiger partial charge >= 0.3 is 5.97 Å². The summed E-state index contributed by atoms with van der Waals surface area (Å²) in [5.41, 5.74) is 5.30. The van der Waals surface area contributed by atoms with Gasteiger partial charge in [-0.2, -0.15) is 0 Å². The molecule has 0 aromatic carbocycles. The van der Waals surface area contributed by atoms with Crippen LogP contribution in [-0.4, -0.2) is 42.8 Å². The number of methoxy groups -OCH3 is 1. The maximum Gasteiger partial charge on any atom is 0.303 e. The van der Waals surface area contributed by atoms with Crippen molar-refractivity contribution in [2.24, 2.45) is 5.73 Å². The van der Waals surface area contributed by atoms with Crippen LogP contribution in [0, 0.1) is 0 Å². The van der Waals surface area contributed by atoms with Crippen molar-refractivity contribution in [1.29, 1.82) is 0 Å². The van der Waals surface area contributed by atoms with Crippen LogP contribution in [0.2, 0.25) is 0 Å². The van der Waals surface area contributed by atoms with E-state index in [-0.39, 0.29) is 24.9 Å². The second kappa shape index (κ2) is 7.19. The number of carbonyl (C=O) groups is 2. The second-order valence-corrected chi connectivity index (χ2v) is 3.30. The highest BCUT2D eigenvalue weighted by molar-refractivity contribution is 5.81. The van der Waals surface area contributed by atoms with Gasteiger partial charge in [0.1, 0.15) is 6.10 Å². The number of rotatable bonds is 7. The summed E-state index contributed by atoms with van der Waals surface area (Å²) in [4.78, 5) is 21.7. The molecule has 0 rings (SSSR count). The van der Waals surface area contributed by atoms with Crippen LogP contribution in [0.3, 0.4) is 0 Å². The number of nitrogens with one attached hydrogen (secondary N) is 1. The fourth-order valence-electron chi connectivity index (χ4n) is 1.06. The summed E-state index contributed by atoms with van der Waals surface area (Å²) in [5.74, 6) is -1.18. The number of hydrogen-bond acceptors (Lipinski definition) is 4. The van der Waals surface area contributed by atoms with E-state index in [9.17, 15) is 9.59 Å². The molecular formula is C9H18N2O4. The summed E-state index contributed by atoms with van der Waals surface area (Å²) in [5, 5.41) is 11.1. The monoisotopic (exact) mass is 218 g/mol. The molecule has 0 radical (unpaired) electrons. The largest absolute Gasteiger partial charge is 0.481 e. The smallest absolute Gasteiger partial charge is 0.303 e. The molecule has 0 bridgehead atoms. The summed E-state index contributed by atoms with van der Waals surface area (Å²) in [6, 6.07) is -0.196. The zero-order valence-electron chi connectivity index (χ0n) is 9.03. The van der Waals surface area contributed by atoms with Crippen LogP contribution in [0.4, 0.5) is 0 Å². The Bertz CT molecular complexity index is 216.